The average molecular weight is 350 g/mol. The molecule has 0 unspecified atom stereocenters. The van der Waals surface area contributed by atoms with E-state index in [1.807, 2.05) is 31.2 Å². The molecule has 1 saturated heterocycles. The van der Waals surface area contributed by atoms with E-state index in [9.17, 15) is 9.59 Å². The molecule has 1 fully saturated rings. The van der Waals surface area contributed by atoms with E-state index in [1.165, 1.54) is 4.90 Å². The molecule has 1 aromatic rings. The van der Waals surface area contributed by atoms with Crippen LogP contribution in [0.2, 0.25) is 0 Å². The molecule has 2 amide bonds. The van der Waals surface area contributed by atoms with Gasteiger partial charge in [-0.1, -0.05) is 12.1 Å². The van der Waals surface area contributed by atoms with Gasteiger partial charge in [-0.15, -0.1) is 0 Å². The van der Waals surface area contributed by atoms with Gasteiger partial charge in [-0.05, 0) is 31.5 Å². The Morgan fingerprint density at radius 3 is 2.44 bits per heavy atom. The van der Waals surface area contributed by atoms with Gasteiger partial charge in [0, 0.05) is 6.54 Å². The van der Waals surface area contributed by atoms with Crippen molar-refractivity contribution >= 4 is 12.0 Å². The van der Waals surface area contributed by atoms with Gasteiger partial charge in [-0.2, -0.15) is 0 Å². The van der Waals surface area contributed by atoms with E-state index >= 15 is 0 Å². The van der Waals surface area contributed by atoms with E-state index in [-0.39, 0.29) is 18.0 Å². The first-order valence-corrected chi connectivity index (χ1v) is 8.72. The van der Waals surface area contributed by atoms with Crippen LogP contribution >= 0.6 is 0 Å². The minimum absolute atomic E-state index is 0.0235. The summed E-state index contributed by atoms with van der Waals surface area (Å²) in [5, 5.41) is 2.98. The van der Waals surface area contributed by atoms with E-state index in [0.29, 0.717) is 26.2 Å². The maximum absolute atomic E-state index is 12.4. The molecule has 7 nitrogen and oxygen atoms in total. The molecule has 7 heteroatoms. The van der Waals surface area contributed by atoms with Gasteiger partial charge in [0.2, 0.25) is 0 Å². The first kappa shape index (κ1) is 19.1. The second-order valence-electron chi connectivity index (χ2n) is 6.13. The summed E-state index contributed by atoms with van der Waals surface area (Å²) >= 11 is 0. The molecule has 1 aliphatic heterocycles. The van der Waals surface area contributed by atoms with Crippen LogP contribution in [0.4, 0.5) is 4.79 Å². The second kappa shape index (κ2) is 9.27. The molecule has 1 aromatic carbocycles. The normalized spacial score (nSPS) is 16.2. The number of benzene rings is 1. The number of hydrogen-bond donors (Lipinski definition) is 2. The monoisotopic (exact) mass is 350 g/mol. The van der Waals surface area contributed by atoms with Crippen LogP contribution in [0.3, 0.4) is 0 Å². The zero-order chi connectivity index (χ0) is 18.2. The third kappa shape index (κ3) is 5.35. The van der Waals surface area contributed by atoms with E-state index in [4.69, 9.17) is 9.47 Å². The highest BCUT2D eigenvalue weighted by molar-refractivity contribution is 5.79. The number of nitrogens with one attached hydrogen (secondary N) is 2. The molecule has 138 valence electrons. The number of amides is 2. The van der Waals surface area contributed by atoms with Crippen molar-refractivity contribution < 1.29 is 24.0 Å². The number of carbonyl (C=O) groups is 2. The summed E-state index contributed by atoms with van der Waals surface area (Å²) in [6.45, 7) is 7.33. The summed E-state index contributed by atoms with van der Waals surface area (Å²) in [7, 11) is 1.63. The Morgan fingerprint density at radius 2 is 1.88 bits per heavy atom. The minimum atomic E-state index is -0.266. The van der Waals surface area contributed by atoms with Gasteiger partial charge >= 0.3 is 6.09 Å². The van der Waals surface area contributed by atoms with Crippen molar-refractivity contribution in [1.29, 1.82) is 0 Å². The summed E-state index contributed by atoms with van der Waals surface area (Å²) in [5.74, 6) is 0.822. The first-order chi connectivity index (χ1) is 12.0. The number of hydrogen-bond acceptors (Lipinski definition) is 4. The third-order valence-corrected chi connectivity index (χ3v) is 4.56. The van der Waals surface area contributed by atoms with E-state index in [1.54, 1.807) is 18.9 Å². The number of ether oxygens (including phenoxy) is 2. The fourth-order valence-corrected chi connectivity index (χ4v) is 2.90. The highest BCUT2D eigenvalue weighted by Gasteiger charge is 2.31. The SMILES string of the molecule is CCOC(=O)N1CC[NH+]([C@@H](C)C(=O)NCc2ccc(OC)cc2)CC1. The highest BCUT2D eigenvalue weighted by atomic mass is 16.6. The van der Waals surface area contributed by atoms with Crippen molar-refractivity contribution in [2.75, 3.05) is 39.9 Å². The summed E-state index contributed by atoms with van der Waals surface area (Å²) in [6.07, 6.45) is -0.266. The van der Waals surface area contributed by atoms with E-state index in [2.05, 4.69) is 5.32 Å². The van der Waals surface area contributed by atoms with Crippen LogP contribution in [0.5, 0.6) is 5.75 Å². The van der Waals surface area contributed by atoms with Crippen LogP contribution in [0, 0.1) is 0 Å². The molecule has 2 N–H and O–H groups in total. The molecule has 1 atom stereocenters. The Kier molecular flexibility index (Phi) is 7.06. The first-order valence-electron chi connectivity index (χ1n) is 8.72. The quantitative estimate of drug-likeness (QED) is 0.761. The van der Waals surface area contributed by atoms with Gasteiger partial charge in [0.15, 0.2) is 6.04 Å². The molecule has 0 radical (unpaired) electrons. The molecular weight excluding hydrogens is 322 g/mol. The molecule has 0 aliphatic carbocycles. The van der Waals surface area contributed by atoms with E-state index < -0.39 is 0 Å². The topological polar surface area (TPSA) is 72.3 Å². The highest BCUT2D eigenvalue weighted by Crippen LogP contribution is 2.10. The lowest BCUT2D eigenvalue weighted by Crippen LogP contribution is -3.19. The van der Waals surface area contributed by atoms with Crippen LogP contribution in [0.25, 0.3) is 0 Å². The molecule has 1 aliphatic rings. The van der Waals surface area contributed by atoms with Gasteiger partial charge in [0.05, 0.1) is 39.9 Å². The summed E-state index contributed by atoms with van der Waals surface area (Å²) in [5.41, 5.74) is 1.03. The largest absolute Gasteiger partial charge is 0.497 e. The zero-order valence-electron chi connectivity index (χ0n) is 15.2. The number of methoxy groups -OCH3 is 1. The van der Waals surface area contributed by atoms with Gasteiger partial charge in [-0.25, -0.2) is 4.79 Å². The van der Waals surface area contributed by atoms with Crippen molar-refractivity contribution in [3.8, 4) is 5.75 Å². The van der Waals surface area contributed by atoms with Crippen molar-refractivity contribution in [1.82, 2.24) is 10.2 Å². The number of quaternary nitrogens is 1. The molecule has 2 rings (SSSR count). The standard InChI is InChI=1S/C18H27N3O4/c1-4-25-18(23)21-11-9-20(10-12-21)14(2)17(22)19-13-15-5-7-16(24-3)8-6-15/h5-8,14H,4,9-13H2,1-3H3,(H,19,22)/p+1/t14-/m0/s1. The minimum Gasteiger partial charge on any atom is -0.497 e. The summed E-state index contributed by atoms with van der Waals surface area (Å²) in [4.78, 5) is 27.0. The van der Waals surface area contributed by atoms with Crippen molar-refractivity contribution in [3.05, 3.63) is 29.8 Å². The van der Waals surface area contributed by atoms with Crippen LogP contribution in [0.1, 0.15) is 19.4 Å². The lowest BCUT2D eigenvalue weighted by molar-refractivity contribution is -0.918. The Morgan fingerprint density at radius 1 is 1.24 bits per heavy atom. The fourth-order valence-electron chi connectivity index (χ4n) is 2.90. The van der Waals surface area contributed by atoms with Crippen molar-refractivity contribution in [2.45, 2.75) is 26.4 Å². The molecule has 0 aromatic heterocycles. The lowest BCUT2D eigenvalue weighted by Gasteiger charge is -2.34. The van der Waals surface area contributed by atoms with Gasteiger partial charge in [0.25, 0.3) is 5.91 Å². The number of piperazine rings is 1. The average Bonchev–Trinajstić information content (AvgIpc) is 2.66. The molecule has 1 heterocycles. The predicted octanol–water partition coefficient (Wildman–Crippen LogP) is 0.0569. The van der Waals surface area contributed by atoms with E-state index in [0.717, 1.165) is 24.4 Å². The lowest BCUT2D eigenvalue weighted by atomic mass is 10.2. The van der Waals surface area contributed by atoms with Gasteiger partial charge in [-0.3, -0.25) is 9.69 Å². The van der Waals surface area contributed by atoms with Crippen LogP contribution in [-0.2, 0) is 16.1 Å². The van der Waals surface area contributed by atoms with Crippen LogP contribution in [-0.4, -0.2) is 62.8 Å². The fraction of sp³-hybridized carbons (Fsp3) is 0.556. The molecule has 0 bridgehead atoms. The van der Waals surface area contributed by atoms with Crippen LogP contribution < -0.4 is 15.0 Å². The maximum Gasteiger partial charge on any atom is 0.410 e. The molecule has 25 heavy (non-hydrogen) atoms. The van der Waals surface area contributed by atoms with Gasteiger partial charge in [0.1, 0.15) is 5.75 Å². The van der Waals surface area contributed by atoms with Crippen molar-refractivity contribution in [3.63, 3.8) is 0 Å². The third-order valence-electron chi connectivity index (χ3n) is 4.56. The van der Waals surface area contributed by atoms with Crippen molar-refractivity contribution in [2.24, 2.45) is 0 Å². The Hall–Kier alpha value is -2.28. The zero-order valence-corrected chi connectivity index (χ0v) is 15.2. The van der Waals surface area contributed by atoms with Gasteiger partial charge < -0.3 is 19.7 Å². The summed E-state index contributed by atoms with van der Waals surface area (Å²) < 4.78 is 10.1. The Balaban J connectivity index is 1.77. The summed E-state index contributed by atoms with van der Waals surface area (Å²) in [6, 6.07) is 7.49. The number of rotatable bonds is 6. The Labute approximate surface area is 148 Å². The maximum atomic E-state index is 12.4. The second-order valence-corrected chi connectivity index (χ2v) is 6.13. The molecule has 0 saturated carbocycles. The molecule has 0 spiro atoms. The predicted molar refractivity (Wildman–Crippen MR) is 93.6 cm³/mol. The molecular formula is C18H28N3O4+. The smallest absolute Gasteiger partial charge is 0.410 e. The van der Waals surface area contributed by atoms with Crippen LogP contribution in [0.15, 0.2) is 24.3 Å². The number of carbonyl (C=O) groups excluding carboxylic acids is 2. The Bertz CT molecular complexity index is 568. The number of nitrogens with zero attached hydrogens (tertiary/aromatic N) is 1.